The first-order valence-corrected chi connectivity index (χ1v) is 32.4. The third-order valence-electron chi connectivity index (χ3n) is 18.9. The molecular weight excluding hydrogens is 1150 g/mol. The molecule has 5 fully saturated rings. The van der Waals surface area contributed by atoms with Crippen LogP contribution in [0.4, 0.5) is 28.3 Å². The number of rotatable bonds is 28. The number of aromatic nitrogens is 9. The Balaban J connectivity index is 0.661. The first kappa shape index (κ1) is 61.2. The van der Waals surface area contributed by atoms with Crippen LogP contribution < -0.4 is 20.9 Å². The molecule has 0 radical (unpaired) electrons. The van der Waals surface area contributed by atoms with Crippen molar-refractivity contribution in [3.8, 4) is 11.1 Å². The highest BCUT2D eigenvalue weighted by Gasteiger charge is 2.66. The first-order chi connectivity index (χ1) is 42.8. The smallest absolute Gasteiger partial charge is 0.355 e. The number of piperidine rings is 1. The number of anilines is 5. The molecule has 23 heteroatoms. The van der Waals surface area contributed by atoms with Gasteiger partial charge in [0.1, 0.15) is 11.9 Å². The van der Waals surface area contributed by atoms with Crippen molar-refractivity contribution in [1.29, 1.82) is 0 Å². The van der Waals surface area contributed by atoms with E-state index in [4.69, 9.17) is 24.9 Å². The van der Waals surface area contributed by atoms with E-state index in [1.54, 1.807) is 29.5 Å². The summed E-state index contributed by atoms with van der Waals surface area (Å²) in [6, 6.07) is 17.8. The standard InChI is InChI=1S/C66H81N15O7S/c1-42-32-53(74-75-57(42)72-62-69-48-20-12-13-22-51(48)89-62)79(52-25-23-45(56(70-52)61(86)87)47-33-68-80(43(47)2)41-65-36-63(3)35-64(4,37-65)39-66(38-63,40-65)88-31-30-77(5)6)29-16-10-15-28-78-34-44(73-76-78)18-11-8-7-9-14-27-67-49-21-17-19-46-55(49)60(85)81(59(46)84)50-24-26-54(82)71-58(50)83/h12-13,17,19-23,25,32-34,50,67H,7-11,14-16,18,24,26-31,35-41H2,1-6H3,(H,86,87)(H,69,72,75)(H,71,82,83). The molecular formula is C66H81N15O7S. The molecule has 7 aromatic rings. The number of nitrogens with one attached hydrogen (secondary N) is 3. The molecule has 6 aliphatic rings. The number of hydrogen-bond donors (Lipinski definition) is 4. The van der Waals surface area contributed by atoms with E-state index in [1.165, 1.54) is 6.42 Å². The zero-order valence-electron chi connectivity index (χ0n) is 51.9. The lowest BCUT2D eigenvalue weighted by molar-refractivity contribution is -0.248. The van der Waals surface area contributed by atoms with Crippen LogP contribution in [0.1, 0.15) is 165 Å². The van der Waals surface area contributed by atoms with Gasteiger partial charge in [0.15, 0.2) is 22.5 Å². The molecule has 2 aromatic carbocycles. The van der Waals surface area contributed by atoms with E-state index in [0.717, 1.165) is 147 Å². The summed E-state index contributed by atoms with van der Waals surface area (Å²) >= 11 is 1.54. The lowest BCUT2D eigenvalue weighted by Crippen LogP contribution is -2.64. The third-order valence-corrected chi connectivity index (χ3v) is 19.8. The molecule has 468 valence electrons. The van der Waals surface area contributed by atoms with Crippen molar-refractivity contribution in [2.24, 2.45) is 16.2 Å². The lowest BCUT2D eigenvalue weighted by Gasteiger charge is -2.69. The minimum Gasteiger partial charge on any atom is -0.476 e. The number of unbranched alkanes of at least 4 members (excludes halogenated alkanes) is 6. The zero-order valence-corrected chi connectivity index (χ0v) is 52.8. The molecule has 2 aliphatic heterocycles. The van der Waals surface area contributed by atoms with Gasteiger partial charge in [0.05, 0.1) is 45.4 Å². The molecule has 0 spiro atoms. The maximum atomic E-state index is 13.5. The quantitative estimate of drug-likeness (QED) is 0.0262. The predicted octanol–water partition coefficient (Wildman–Crippen LogP) is 10.7. The number of likely N-dealkylation sites (N-methyl/N-ethyl adjacent to an activating group) is 1. The van der Waals surface area contributed by atoms with E-state index in [9.17, 15) is 29.1 Å². The van der Waals surface area contributed by atoms with Gasteiger partial charge < -0.3 is 30.3 Å². The Bertz CT molecular complexity index is 3790. The SMILES string of the molecule is Cc1cc(N(CCCCCn2cc(CCCCCCCNc3cccc4c3C(=O)N(C3CCC(=O)NC3=O)C4=O)nn2)c2ccc(-c3cnn(CC45CC6(C)CC(C)(C4)CC(OCCN(C)C)(C6)C5)c3C)c(C(=O)O)n2)nnc1Nc1nc2ccccc2s1. The number of fused-ring (bicyclic) bond motifs is 2. The van der Waals surface area contributed by atoms with Gasteiger partial charge in [-0.1, -0.05) is 67.9 Å². The number of benzene rings is 2. The van der Waals surface area contributed by atoms with Gasteiger partial charge in [0, 0.05) is 67.8 Å². The fourth-order valence-corrected chi connectivity index (χ4v) is 16.9. The number of carboxylic acids is 1. The van der Waals surface area contributed by atoms with Crippen LogP contribution >= 0.6 is 11.3 Å². The Morgan fingerprint density at radius 3 is 2.37 bits per heavy atom. The number of pyridine rings is 1. The largest absolute Gasteiger partial charge is 0.476 e. The molecule has 3 atom stereocenters. The van der Waals surface area contributed by atoms with Crippen LogP contribution in [-0.4, -0.2) is 141 Å². The highest BCUT2D eigenvalue weighted by atomic mass is 32.1. The van der Waals surface area contributed by atoms with Crippen molar-refractivity contribution < 1.29 is 33.8 Å². The van der Waals surface area contributed by atoms with Gasteiger partial charge in [-0.05, 0) is 176 Å². The van der Waals surface area contributed by atoms with Crippen molar-refractivity contribution in [2.45, 2.75) is 162 Å². The highest BCUT2D eigenvalue weighted by molar-refractivity contribution is 7.22. The maximum Gasteiger partial charge on any atom is 0.355 e. The van der Waals surface area contributed by atoms with Crippen LogP contribution in [0.5, 0.6) is 0 Å². The van der Waals surface area contributed by atoms with Gasteiger partial charge >= 0.3 is 5.97 Å². The average Bonchev–Trinajstić information content (AvgIpc) is 1.39. The molecule has 4 N–H and O–H groups in total. The normalized spacial score (nSPS) is 22.8. The van der Waals surface area contributed by atoms with Crippen molar-refractivity contribution in [1.82, 2.24) is 60.1 Å². The molecule has 4 bridgehead atoms. The second-order valence-electron chi connectivity index (χ2n) is 26.8. The minimum atomic E-state index is -1.13. The van der Waals surface area contributed by atoms with E-state index < -0.39 is 35.6 Å². The molecule has 7 heterocycles. The van der Waals surface area contributed by atoms with Crippen molar-refractivity contribution >= 4 is 79.4 Å². The Morgan fingerprint density at radius 1 is 0.809 bits per heavy atom. The molecule has 22 nitrogen and oxygen atoms in total. The maximum absolute atomic E-state index is 13.5. The summed E-state index contributed by atoms with van der Waals surface area (Å²) < 4.78 is 12.0. The number of nitrogens with zero attached hydrogens (tertiary/aromatic N) is 12. The summed E-state index contributed by atoms with van der Waals surface area (Å²) in [4.78, 5) is 79.1. The van der Waals surface area contributed by atoms with Gasteiger partial charge in [0.2, 0.25) is 11.8 Å². The molecule has 4 aliphatic carbocycles. The number of aryl methyl sites for hydroxylation is 3. The predicted molar refractivity (Wildman–Crippen MR) is 340 cm³/mol. The van der Waals surface area contributed by atoms with Crippen LogP contribution in [0.25, 0.3) is 21.3 Å². The molecule has 5 aromatic heterocycles. The molecule has 4 saturated carbocycles. The number of carbonyl (C=O) groups excluding carboxylic acids is 4. The van der Waals surface area contributed by atoms with Gasteiger partial charge in [-0.25, -0.2) is 14.8 Å². The van der Waals surface area contributed by atoms with Crippen molar-refractivity contribution in [2.75, 3.05) is 55.9 Å². The second-order valence-corrected chi connectivity index (χ2v) is 27.9. The average molecular weight is 1230 g/mol. The van der Waals surface area contributed by atoms with Crippen molar-refractivity contribution in [3.05, 3.63) is 107 Å². The van der Waals surface area contributed by atoms with Gasteiger partial charge in [-0.15, -0.1) is 15.3 Å². The minimum absolute atomic E-state index is 0.0167. The van der Waals surface area contributed by atoms with E-state index in [-0.39, 0.29) is 51.5 Å². The topological polar surface area (TPSA) is 261 Å². The van der Waals surface area contributed by atoms with Gasteiger partial charge in [0.25, 0.3) is 11.8 Å². The number of carbonyl (C=O) groups is 5. The Morgan fingerprint density at radius 2 is 1.60 bits per heavy atom. The highest BCUT2D eigenvalue weighted by Crippen LogP contribution is 2.72. The molecule has 89 heavy (non-hydrogen) atoms. The van der Waals surface area contributed by atoms with Crippen LogP contribution in [-0.2, 0) is 33.8 Å². The van der Waals surface area contributed by atoms with E-state index in [2.05, 4.69) is 75.8 Å². The number of amides is 4. The fourth-order valence-electron chi connectivity index (χ4n) is 16.0. The third kappa shape index (κ3) is 13.1. The summed E-state index contributed by atoms with van der Waals surface area (Å²) in [5, 5.41) is 43.9. The molecule has 3 unspecified atom stereocenters. The summed E-state index contributed by atoms with van der Waals surface area (Å²) in [5.41, 5.74) is 6.17. The number of hydrogen-bond acceptors (Lipinski definition) is 18. The van der Waals surface area contributed by atoms with Crippen molar-refractivity contribution in [3.63, 3.8) is 0 Å². The van der Waals surface area contributed by atoms with Crippen LogP contribution in [0, 0.1) is 30.1 Å². The molecule has 1 saturated heterocycles. The summed E-state index contributed by atoms with van der Waals surface area (Å²) in [7, 11) is 4.19. The van der Waals surface area contributed by atoms with E-state index >= 15 is 0 Å². The number of imide groups is 2. The Kier molecular flexibility index (Phi) is 17.3. The number of aromatic carboxylic acids is 1. The Labute approximate surface area is 522 Å². The van der Waals surface area contributed by atoms with Gasteiger partial charge in [-0.3, -0.25) is 38.8 Å². The fraction of sp³-hybridized carbons (Fsp3) is 0.515. The molecule has 13 rings (SSSR count). The number of thiazole rings is 1. The van der Waals surface area contributed by atoms with Crippen LogP contribution in [0.2, 0.25) is 0 Å². The second kappa shape index (κ2) is 25.1. The molecule has 4 amide bonds. The van der Waals surface area contributed by atoms with Crippen LogP contribution in [0.15, 0.2) is 73.1 Å². The zero-order chi connectivity index (χ0) is 62.2. The number of ether oxygens (including phenoxy) is 1. The van der Waals surface area contributed by atoms with E-state index in [0.29, 0.717) is 53.5 Å². The summed E-state index contributed by atoms with van der Waals surface area (Å²) in [5.74, 6) is -1.62. The summed E-state index contributed by atoms with van der Waals surface area (Å²) in [6.07, 6.45) is 18.8. The van der Waals surface area contributed by atoms with Gasteiger partial charge in [-0.2, -0.15) is 5.10 Å². The summed E-state index contributed by atoms with van der Waals surface area (Å²) in [6.45, 7) is 13.1. The first-order valence-electron chi connectivity index (χ1n) is 31.6. The monoisotopic (exact) mass is 1230 g/mol. The van der Waals surface area contributed by atoms with E-state index in [1.807, 2.05) is 71.4 Å². The van der Waals surface area contributed by atoms with Crippen LogP contribution in [0.3, 0.4) is 0 Å². The lowest BCUT2D eigenvalue weighted by atomic mass is 9.39. The number of carboxylic acid groups (broad SMARTS) is 1. The number of para-hydroxylation sites is 1. The Hall–Kier alpha value is -8.02.